The zero-order chi connectivity index (χ0) is 13.1. The molecule has 0 unspecified atom stereocenters. The van der Waals surface area contributed by atoms with Crippen molar-refractivity contribution in [1.29, 1.82) is 5.26 Å². The van der Waals surface area contributed by atoms with E-state index in [0.717, 1.165) is 6.07 Å². The summed E-state index contributed by atoms with van der Waals surface area (Å²) in [6.07, 6.45) is 0. The smallest absolute Gasteiger partial charge is 0.266 e. The van der Waals surface area contributed by atoms with Crippen LogP contribution in [0.1, 0.15) is 15.2 Å². The second-order valence-electron chi connectivity index (χ2n) is 3.35. The highest BCUT2D eigenvalue weighted by Crippen LogP contribution is 2.24. The molecule has 6 heteroatoms. The summed E-state index contributed by atoms with van der Waals surface area (Å²) < 4.78 is 13.6. The molecular formula is C12H6BrFN2OS. The van der Waals surface area contributed by atoms with Crippen molar-refractivity contribution in [2.24, 2.45) is 0 Å². The Morgan fingerprint density at radius 3 is 2.83 bits per heavy atom. The number of rotatable bonds is 2. The molecule has 90 valence electrons. The minimum absolute atomic E-state index is 0.0935. The molecule has 1 aromatic heterocycles. The number of hydrogen-bond acceptors (Lipinski definition) is 3. The molecule has 2 rings (SSSR count). The van der Waals surface area contributed by atoms with Crippen LogP contribution in [0, 0.1) is 17.1 Å². The van der Waals surface area contributed by atoms with Crippen LogP contribution in [0.5, 0.6) is 0 Å². The number of anilines is 1. The number of nitriles is 1. The number of nitrogens with one attached hydrogen (secondary N) is 1. The molecule has 0 aliphatic carbocycles. The summed E-state index contributed by atoms with van der Waals surface area (Å²) in [6.45, 7) is 0. The molecule has 0 radical (unpaired) electrons. The first-order chi connectivity index (χ1) is 8.61. The van der Waals surface area contributed by atoms with Gasteiger partial charge < -0.3 is 5.32 Å². The highest BCUT2D eigenvalue weighted by Gasteiger charge is 2.13. The first-order valence-corrected chi connectivity index (χ1v) is 6.53. The van der Waals surface area contributed by atoms with Crippen LogP contribution >= 0.6 is 27.3 Å². The summed E-state index contributed by atoms with van der Waals surface area (Å²) in [6, 6.07) is 7.24. The van der Waals surface area contributed by atoms with Crippen LogP contribution in [0.25, 0.3) is 0 Å². The summed E-state index contributed by atoms with van der Waals surface area (Å²) in [4.78, 5) is 12.4. The molecule has 0 atom stereocenters. The molecule has 0 fully saturated rings. The second kappa shape index (κ2) is 5.29. The first kappa shape index (κ1) is 12.7. The lowest BCUT2D eigenvalue weighted by molar-refractivity contribution is 0.103. The lowest BCUT2D eigenvalue weighted by Gasteiger charge is -2.06. The normalized spacial score (nSPS) is 9.83. The SMILES string of the molecule is N#Cc1cc(F)ccc1NC(=O)c1sccc1Br. The van der Waals surface area contributed by atoms with Gasteiger partial charge in [-0.2, -0.15) is 5.26 Å². The van der Waals surface area contributed by atoms with Gasteiger partial charge in [-0.25, -0.2) is 4.39 Å². The third kappa shape index (κ3) is 2.58. The van der Waals surface area contributed by atoms with Crippen molar-refractivity contribution in [3.63, 3.8) is 0 Å². The molecule has 3 nitrogen and oxygen atoms in total. The van der Waals surface area contributed by atoms with E-state index in [4.69, 9.17) is 5.26 Å². The molecule has 1 aromatic carbocycles. The van der Waals surface area contributed by atoms with Gasteiger partial charge in [0.1, 0.15) is 16.8 Å². The van der Waals surface area contributed by atoms with Gasteiger partial charge in [-0.1, -0.05) is 0 Å². The molecule has 2 aromatic rings. The van der Waals surface area contributed by atoms with Crippen LogP contribution in [0.4, 0.5) is 10.1 Å². The van der Waals surface area contributed by atoms with Gasteiger partial charge >= 0.3 is 0 Å². The molecule has 0 aliphatic rings. The van der Waals surface area contributed by atoms with E-state index in [9.17, 15) is 9.18 Å². The molecule has 1 heterocycles. The quantitative estimate of drug-likeness (QED) is 0.914. The van der Waals surface area contributed by atoms with E-state index in [1.54, 1.807) is 11.4 Å². The van der Waals surface area contributed by atoms with Crippen molar-refractivity contribution in [2.45, 2.75) is 0 Å². The van der Waals surface area contributed by atoms with Gasteiger partial charge in [-0.3, -0.25) is 4.79 Å². The second-order valence-corrected chi connectivity index (χ2v) is 5.12. The molecule has 0 aliphatic heterocycles. The lowest BCUT2D eigenvalue weighted by atomic mass is 10.2. The predicted molar refractivity (Wildman–Crippen MR) is 71.1 cm³/mol. The first-order valence-electron chi connectivity index (χ1n) is 4.86. The number of benzene rings is 1. The summed E-state index contributed by atoms with van der Waals surface area (Å²) in [5.41, 5.74) is 0.389. The summed E-state index contributed by atoms with van der Waals surface area (Å²) in [5, 5.41) is 13.2. The maximum atomic E-state index is 12.9. The Morgan fingerprint density at radius 1 is 1.44 bits per heavy atom. The molecule has 0 bridgehead atoms. The van der Waals surface area contributed by atoms with Crippen LogP contribution in [0.2, 0.25) is 0 Å². The van der Waals surface area contributed by atoms with Crippen molar-refractivity contribution < 1.29 is 9.18 Å². The fourth-order valence-electron chi connectivity index (χ4n) is 1.35. The van der Waals surface area contributed by atoms with E-state index >= 15 is 0 Å². The highest BCUT2D eigenvalue weighted by atomic mass is 79.9. The summed E-state index contributed by atoms with van der Waals surface area (Å²) >= 11 is 4.53. The van der Waals surface area contributed by atoms with Gasteiger partial charge in [0.2, 0.25) is 0 Å². The van der Waals surface area contributed by atoms with Crippen LogP contribution in [-0.2, 0) is 0 Å². The number of carbonyl (C=O) groups excluding carboxylic acids is 1. The average Bonchev–Trinajstić information content (AvgIpc) is 2.77. The van der Waals surface area contributed by atoms with Crippen LogP contribution in [-0.4, -0.2) is 5.91 Å². The molecule has 1 N–H and O–H groups in total. The molecule has 0 saturated heterocycles. The standard InChI is InChI=1S/C12H6BrFN2OS/c13-9-3-4-18-11(9)12(17)16-10-2-1-8(14)5-7(10)6-15/h1-5H,(H,16,17). The zero-order valence-electron chi connectivity index (χ0n) is 8.91. The Kier molecular flexibility index (Phi) is 3.75. The Bertz CT molecular complexity index is 648. The molecule has 18 heavy (non-hydrogen) atoms. The maximum Gasteiger partial charge on any atom is 0.266 e. The van der Waals surface area contributed by atoms with E-state index in [-0.39, 0.29) is 11.5 Å². The Morgan fingerprint density at radius 2 is 2.22 bits per heavy atom. The topological polar surface area (TPSA) is 52.9 Å². The van der Waals surface area contributed by atoms with Crippen LogP contribution < -0.4 is 5.32 Å². The third-order valence-corrected chi connectivity index (χ3v) is 4.01. The minimum Gasteiger partial charge on any atom is -0.320 e. The average molecular weight is 325 g/mol. The Hall–Kier alpha value is -1.71. The van der Waals surface area contributed by atoms with Gasteiger partial charge in [-0.15, -0.1) is 11.3 Å². The number of hydrogen-bond donors (Lipinski definition) is 1. The largest absolute Gasteiger partial charge is 0.320 e. The Labute approximate surface area is 115 Å². The molecule has 0 saturated carbocycles. The van der Waals surface area contributed by atoms with Crippen LogP contribution in [0.15, 0.2) is 34.1 Å². The van der Waals surface area contributed by atoms with Crippen molar-refractivity contribution in [3.8, 4) is 6.07 Å². The Balaban J connectivity index is 2.28. The van der Waals surface area contributed by atoms with E-state index in [1.165, 1.54) is 23.5 Å². The highest BCUT2D eigenvalue weighted by molar-refractivity contribution is 9.10. The third-order valence-electron chi connectivity index (χ3n) is 2.17. The fourth-order valence-corrected chi connectivity index (χ4v) is 2.80. The number of halogens is 2. The number of carbonyl (C=O) groups is 1. The van der Waals surface area contributed by atoms with Gasteiger partial charge in [-0.05, 0) is 45.6 Å². The fraction of sp³-hybridized carbons (Fsp3) is 0. The van der Waals surface area contributed by atoms with Gasteiger partial charge in [0.25, 0.3) is 5.91 Å². The maximum absolute atomic E-state index is 12.9. The van der Waals surface area contributed by atoms with E-state index < -0.39 is 5.82 Å². The van der Waals surface area contributed by atoms with Gasteiger partial charge in [0.05, 0.1) is 11.3 Å². The van der Waals surface area contributed by atoms with Crippen LogP contribution in [0.3, 0.4) is 0 Å². The molecule has 1 amide bonds. The number of amides is 1. The van der Waals surface area contributed by atoms with E-state index in [2.05, 4.69) is 21.2 Å². The van der Waals surface area contributed by atoms with Crippen molar-refractivity contribution >= 4 is 38.9 Å². The van der Waals surface area contributed by atoms with Crippen molar-refractivity contribution in [2.75, 3.05) is 5.32 Å². The molecule has 0 spiro atoms. The summed E-state index contributed by atoms with van der Waals surface area (Å²) in [7, 11) is 0. The minimum atomic E-state index is -0.512. The predicted octanol–water partition coefficient (Wildman–Crippen LogP) is 3.77. The van der Waals surface area contributed by atoms with Gasteiger partial charge in [0.15, 0.2) is 0 Å². The monoisotopic (exact) mass is 324 g/mol. The van der Waals surface area contributed by atoms with E-state index in [1.807, 2.05) is 6.07 Å². The summed E-state index contributed by atoms with van der Waals surface area (Å²) in [5.74, 6) is -0.846. The van der Waals surface area contributed by atoms with Gasteiger partial charge in [0, 0.05) is 4.47 Å². The lowest BCUT2D eigenvalue weighted by Crippen LogP contribution is -2.11. The number of nitrogens with zero attached hydrogens (tertiary/aromatic N) is 1. The zero-order valence-corrected chi connectivity index (χ0v) is 11.3. The van der Waals surface area contributed by atoms with Crippen molar-refractivity contribution in [1.82, 2.24) is 0 Å². The van der Waals surface area contributed by atoms with Crippen molar-refractivity contribution in [3.05, 3.63) is 50.4 Å². The number of thiophene rings is 1. The van der Waals surface area contributed by atoms with E-state index in [0.29, 0.717) is 15.0 Å². The molecular weight excluding hydrogens is 319 g/mol.